The normalized spacial score (nSPS) is 15.9. The predicted molar refractivity (Wildman–Crippen MR) is 466 cm³/mol. The van der Waals surface area contributed by atoms with Gasteiger partial charge in [0, 0.05) is 182 Å². The van der Waals surface area contributed by atoms with E-state index in [0.717, 1.165) is 114 Å². The minimum atomic E-state index is -3.11. The Kier molecular flexibility index (Phi) is 29.6. The van der Waals surface area contributed by atoms with Crippen LogP contribution in [0.1, 0.15) is 106 Å². The van der Waals surface area contributed by atoms with Gasteiger partial charge in [0.25, 0.3) is 47.3 Å². The summed E-state index contributed by atoms with van der Waals surface area (Å²) in [7, 11) is 3.03. The first-order valence-electron chi connectivity index (χ1n) is 40.3. The molecule has 0 aromatic heterocycles. The van der Waals surface area contributed by atoms with E-state index < -0.39 is 76.1 Å². The summed E-state index contributed by atoms with van der Waals surface area (Å²) in [6.45, 7) is 2.64. The summed E-state index contributed by atoms with van der Waals surface area (Å²) < 4.78 is 41.3. The maximum Gasteiger partial charge on any atom is 0.425 e. The molecule has 0 fully saturated rings. The highest BCUT2D eigenvalue weighted by Gasteiger charge is 2.37. The number of alkyl carbamates (subject to hydrolysis) is 3. The lowest BCUT2D eigenvalue weighted by molar-refractivity contribution is -0.138. The molecule has 16 rings (SSSR count). The van der Waals surface area contributed by atoms with Crippen molar-refractivity contribution < 1.29 is 104 Å². The number of ether oxygens (including phenoxy) is 3. The minimum absolute atomic E-state index is 0.000316. The van der Waals surface area contributed by atoms with Gasteiger partial charge in [-0.3, -0.25) is 81.9 Å². The van der Waals surface area contributed by atoms with E-state index in [-0.39, 0.29) is 125 Å². The number of nitrogens with one attached hydrogen (secondary N) is 8. The molecule has 656 valence electrons. The van der Waals surface area contributed by atoms with E-state index in [4.69, 9.17) is 26.8 Å². The number of aryl methyl sites for hydroxylation is 1. The van der Waals surface area contributed by atoms with Crippen molar-refractivity contribution in [3.8, 4) is 44.5 Å². The van der Waals surface area contributed by atoms with Gasteiger partial charge in [-0.1, -0.05) is 121 Å². The molecule has 35 heteroatoms. The van der Waals surface area contributed by atoms with Crippen LogP contribution < -0.4 is 42.5 Å². The quantitative estimate of drug-likeness (QED) is 0.0207. The van der Waals surface area contributed by atoms with Crippen molar-refractivity contribution in [1.29, 1.82) is 0 Å². The zero-order valence-corrected chi connectivity index (χ0v) is 70.5. The SMILES string of the molecule is CNC(=O)CC1c2ccccc2-c2ccc(NC(=O)CCN3C(=O)C=CC3=O)cc21.CNC(=O)OCC1c2cc(C)ccc2-c2ccc(NC(=O)CCN3C(=O)C=CC3=O)cc21.CNC(=O)OCC1c2ccccc2-c2ccc(NC(=O)CCN3C(=O)C=CC3=O)cc21.CNC(=O)OCC1c2ccccc2-c2ccc(NC(=O)CCN3C(=O)C=CC3=O)cc21.O=S(=O)=O. The van der Waals surface area contributed by atoms with Gasteiger partial charge in [-0.05, 0) is 144 Å². The van der Waals surface area contributed by atoms with Crippen LogP contribution in [0.4, 0.5) is 37.1 Å². The molecule has 16 amide bonds. The molecular weight excluding hydrogens is 1670 g/mol. The summed E-state index contributed by atoms with van der Waals surface area (Å²) in [5.41, 5.74) is 20.1. The number of nitrogens with zero attached hydrogens (tertiary/aromatic N) is 4. The molecule has 8 aromatic carbocycles. The Balaban J connectivity index is 0.000000153. The van der Waals surface area contributed by atoms with Crippen molar-refractivity contribution in [1.82, 2.24) is 40.9 Å². The number of hydrogen-bond donors (Lipinski definition) is 8. The zero-order valence-electron chi connectivity index (χ0n) is 69.7. The Morgan fingerprint density at radius 3 is 0.781 bits per heavy atom. The first kappa shape index (κ1) is 91.3. The van der Waals surface area contributed by atoms with Crippen molar-refractivity contribution in [2.24, 2.45) is 0 Å². The van der Waals surface area contributed by atoms with Crippen molar-refractivity contribution in [2.45, 2.75) is 62.7 Å². The third-order valence-corrected chi connectivity index (χ3v) is 21.9. The molecule has 0 radical (unpaired) electrons. The summed E-state index contributed by atoms with van der Waals surface area (Å²) in [6.07, 6.45) is 8.39. The lowest BCUT2D eigenvalue weighted by Gasteiger charge is -2.16. The Labute approximate surface area is 734 Å². The van der Waals surface area contributed by atoms with E-state index in [0.29, 0.717) is 29.2 Å². The molecule has 8 aromatic rings. The van der Waals surface area contributed by atoms with E-state index >= 15 is 0 Å². The van der Waals surface area contributed by atoms with Crippen LogP contribution in [0.5, 0.6) is 0 Å². The van der Waals surface area contributed by atoms with E-state index in [1.165, 1.54) is 69.8 Å². The fourth-order valence-electron chi connectivity index (χ4n) is 15.8. The highest BCUT2D eigenvalue weighted by molar-refractivity contribution is 7.59. The van der Waals surface area contributed by atoms with Crippen LogP contribution in [0.3, 0.4) is 0 Å². The number of benzene rings is 8. The standard InChI is InChI=1S/C24H23N3O5.2C23H21N3O5.C23H21N3O4.O3S/c1-14-3-5-16-17-6-4-15(26-21(28)9-10-27-22(29)7-8-23(27)30)12-19(17)20(18(16)11-14)13-32-24(31)25-2;2*1-24-23(30)31-13-19-16-5-3-2-4-15(16)17-7-6-14(12-18(17)19)25-20(27)10-11-26-21(28)8-9-22(26)29;1-24-21(28)13-19-16-5-3-2-4-15(16)17-7-6-14(12-18(17)19)25-20(27)10-11-26-22(29)8-9-23(26)30;1-4(2)3/h3-8,11-12,20H,9-10,13H2,1-2H3,(H,25,31)(H,26,28);2*2-9,12,19H,10-11,13H2,1H3,(H,24,30)(H,25,27);2-9,12,19H,10-11,13H2,1H3,(H,24,28)(H,25,27);. The number of carbonyl (C=O) groups excluding carboxylic acids is 16. The number of imide groups is 4. The van der Waals surface area contributed by atoms with Crippen molar-refractivity contribution >= 4 is 128 Å². The van der Waals surface area contributed by atoms with Gasteiger partial charge < -0.3 is 56.7 Å². The molecule has 8 N–H and O–H groups in total. The molecule has 4 unspecified atom stereocenters. The van der Waals surface area contributed by atoms with Gasteiger partial charge in [0.2, 0.25) is 29.5 Å². The molecule has 0 saturated heterocycles. The summed E-state index contributed by atoms with van der Waals surface area (Å²) in [5.74, 6) is -5.05. The molecule has 4 heterocycles. The van der Waals surface area contributed by atoms with E-state index in [1.54, 1.807) is 7.05 Å². The smallest absolute Gasteiger partial charge is 0.425 e. The van der Waals surface area contributed by atoms with Crippen LogP contribution in [0.2, 0.25) is 0 Å². The summed E-state index contributed by atoms with van der Waals surface area (Å²) >= 11 is 0. The number of rotatable bonds is 24. The van der Waals surface area contributed by atoms with Crippen LogP contribution in [0, 0.1) is 6.92 Å². The molecule has 0 bridgehead atoms. The second-order valence-corrected chi connectivity index (χ2v) is 30.1. The number of hydrogen-bond acceptors (Lipinski definition) is 22. The molecule has 8 aliphatic rings. The van der Waals surface area contributed by atoms with Crippen LogP contribution in [0.15, 0.2) is 212 Å². The second-order valence-electron chi connectivity index (χ2n) is 29.7. The molecular formula is C93H86N12O22S. The molecule has 0 saturated carbocycles. The Morgan fingerprint density at radius 1 is 0.289 bits per heavy atom. The average Bonchev–Trinajstić information content (AvgIpc) is 1.64. The maximum absolute atomic E-state index is 12.4. The number of amides is 16. The Morgan fingerprint density at radius 2 is 0.516 bits per heavy atom. The Bertz CT molecular complexity index is 5890. The molecule has 0 spiro atoms. The van der Waals surface area contributed by atoms with Crippen molar-refractivity contribution in [3.05, 3.63) is 262 Å². The van der Waals surface area contributed by atoms with E-state index in [9.17, 15) is 76.7 Å². The largest absolute Gasteiger partial charge is 0.449 e. The van der Waals surface area contributed by atoms with Gasteiger partial charge in [0.15, 0.2) is 0 Å². The molecule has 4 aliphatic heterocycles. The monoisotopic (exact) mass is 1750 g/mol. The minimum Gasteiger partial charge on any atom is -0.449 e. The van der Waals surface area contributed by atoms with Gasteiger partial charge in [-0.2, -0.15) is 0 Å². The van der Waals surface area contributed by atoms with Gasteiger partial charge >= 0.3 is 28.9 Å². The maximum atomic E-state index is 12.4. The van der Waals surface area contributed by atoms with Crippen LogP contribution in [0.25, 0.3) is 44.5 Å². The predicted octanol–water partition coefficient (Wildman–Crippen LogP) is 8.72. The second kappa shape index (κ2) is 41.5. The lowest BCUT2D eigenvalue weighted by atomic mass is 9.93. The van der Waals surface area contributed by atoms with Crippen LogP contribution in [-0.4, -0.2) is 201 Å². The highest BCUT2D eigenvalue weighted by atomic mass is 32.2. The van der Waals surface area contributed by atoms with Crippen LogP contribution in [-0.2, 0) is 87.1 Å². The molecule has 4 aliphatic carbocycles. The van der Waals surface area contributed by atoms with E-state index in [2.05, 4.69) is 54.7 Å². The van der Waals surface area contributed by atoms with Crippen molar-refractivity contribution in [3.63, 3.8) is 0 Å². The lowest BCUT2D eigenvalue weighted by Crippen LogP contribution is -2.33. The van der Waals surface area contributed by atoms with E-state index in [1.807, 2.05) is 159 Å². The van der Waals surface area contributed by atoms with Gasteiger partial charge in [-0.15, -0.1) is 12.6 Å². The summed E-state index contributed by atoms with van der Waals surface area (Å²) in [6, 6.07) is 52.5. The molecule has 4 atom stereocenters. The third kappa shape index (κ3) is 21.8. The fourth-order valence-corrected chi connectivity index (χ4v) is 15.8. The topological polar surface area (TPSA) is 461 Å². The average molecular weight is 1760 g/mol. The first-order valence-corrected chi connectivity index (χ1v) is 41.3. The number of fused-ring (bicyclic) bond motifs is 12. The third-order valence-electron chi connectivity index (χ3n) is 21.9. The summed E-state index contributed by atoms with van der Waals surface area (Å²) in [5, 5.41) is 21.3. The number of carbonyl (C=O) groups is 16. The van der Waals surface area contributed by atoms with Gasteiger partial charge in [-0.25, -0.2) is 14.4 Å². The van der Waals surface area contributed by atoms with Gasteiger partial charge in [0.1, 0.15) is 19.8 Å². The zero-order chi connectivity index (χ0) is 91.6. The van der Waals surface area contributed by atoms with Crippen molar-refractivity contribution in [2.75, 3.05) is 95.5 Å². The van der Waals surface area contributed by atoms with Gasteiger partial charge in [0.05, 0.1) is 0 Å². The highest BCUT2D eigenvalue weighted by Crippen LogP contribution is 2.50. The summed E-state index contributed by atoms with van der Waals surface area (Å²) in [4.78, 5) is 193. The molecule has 34 nitrogen and oxygen atoms in total. The molecule has 128 heavy (non-hydrogen) atoms. The van der Waals surface area contributed by atoms with Crippen LogP contribution >= 0.6 is 0 Å². The fraction of sp³-hybridized carbons (Fsp3) is 0.226. The first-order chi connectivity index (χ1) is 61.5. The number of anilines is 4. The Hall–Kier alpha value is -15.9.